The van der Waals surface area contributed by atoms with E-state index in [2.05, 4.69) is 22.9 Å². The van der Waals surface area contributed by atoms with Gasteiger partial charge < -0.3 is 16.0 Å². The molecule has 0 aliphatic carbocycles. The van der Waals surface area contributed by atoms with Crippen molar-refractivity contribution in [1.82, 2.24) is 16.0 Å². The fourth-order valence-corrected chi connectivity index (χ4v) is 2.27. The zero-order chi connectivity index (χ0) is 11.5. The largest absolute Gasteiger partial charge is 0.355 e. The van der Waals surface area contributed by atoms with Gasteiger partial charge in [-0.2, -0.15) is 0 Å². The fourth-order valence-electron chi connectivity index (χ4n) is 2.27. The first-order chi connectivity index (χ1) is 7.66. The first-order valence-electron chi connectivity index (χ1n) is 5.94. The molecular formula is C11H19N3O2. The Hall–Kier alpha value is -1.10. The van der Waals surface area contributed by atoms with Crippen molar-refractivity contribution in [2.24, 2.45) is 11.8 Å². The Morgan fingerprint density at radius 2 is 2.25 bits per heavy atom. The van der Waals surface area contributed by atoms with E-state index in [0.717, 1.165) is 19.5 Å². The normalized spacial score (nSPS) is 34.6. The van der Waals surface area contributed by atoms with Crippen molar-refractivity contribution in [3.8, 4) is 0 Å². The van der Waals surface area contributed by atoms with Gasteiger partial charge in [-0.25, -0.2) is 0 Å². The maximum atomic E-state index is 11.9. The lowest BCUT2D eigenvalue weighted by atomic mass is 9.94. The zero-order valence-electron chi connectivity index (χ0n) is 9.58. The Morgan fingerprint density at radius 3 is 2.88 bits per heavy atom. The Kier molecular flexibility index (Phi) is 3.43. The van der Waals surface area contributed by atoms with Gasteiger partial charge in [0.15, 0.2) is 0 Å². The standard InChI is InChI=1S/C11H19N3O2/c1-7-2-3-12-6-9(7)14-11(16)8-4-10(15)13-5-8/h7-9,12H,2-6H2,1H3,(H,13,15)(H,14,16). The van der Waals surface area contributed by atoms with Gasteiger partial charge in [-0.15, -0.1) is 0 Å². The second-order valence-corrected chi connectivity index (χ2v) is 4.79. The second-order valence-electron chi connectivity index (χ2n) is 4.79. The van der Waals surface area contributed by atoms with Crippen LogP contribution in [0.5, 0.6) is 0 Å². The summed E-state index contributed by atoms with van der Waals surface area (Å²) in [6.07, 6.45) is 1.42. The van der Waals surface area contributed by atoms with Crippen LogP contribution in [0.25, 0.3) is 0 Å². The molecule has 0 bridgehead atoms. The van der Waals surface area contributed by atoms with E-state index >= 15 is 0 Å². The lowest BCUT2D eigenvalue weighted by molar-refractivity contribution is -0.127. The summed E-state index contributed by atoms with van der Waals surface area (Å²) in [5, 5.41) is 8.99. The number of nitrogens with one attached hydrogen (secondary N) is 3. The molecule has 2 fully saturated rings. The zero-order valence-corrected chi connectivity index (χ0v) is 9.58. The molecule has 2 rings (SSSR count). The van der Waals surface area contributed by atoms with Gasteiger partial charge in [-0.1, -0.05) is 6.92 Å². The predicted octanol–water partition coefficient (Wildman–Crippen LogP) is -0.763. The molecule has 3 atom stereocenters. The maximum Gasteiger partial charge on any atom is 0.225 e. The molecule has 0 spiro atoms. The molecule has 2 amide bonds. The maximum absolute atomic E-state index is 11.9. The van der Waals surface area contributed by atoms with Crippen molar-refractivity contribution in [3.05, 3.63) is 0 Å². The molecule has 2 aliphatic heterocycles. The van der Waals surface area contributed by atoms with E-state index in [9.17, 15) is 9.59 Å². The summed E-state index contributed by atoms with van der Waals surface area (Å²) < 4.78 is 0. The van der Waals surface area contributed by atoms with Crippen molar-refractivity contribution >= 4 is 11.8 Å². The lowest BCUT2D eigenvalue weighted by Gasteiger charge is -2.30. The first-order valence-corrected chi connectivity index (χ1v) is 5.94. The topological polar surface area (TPSA) is 70.2 Å². The number of carbonyl (C=O) groups is 2. The van der Waals surface area contributed by atoms with Crippen LogP contribution in [0, 0.1) is 11.8 Å². The van der Waals surface area contributed by atoms with Crippen LogP contribution in [0.2, 0.25) is 0 Å². The van der Waals surface area contributed by atoms with E-state index in [1.165, 1.54) is 0 Å². The molecule has 2 heterocycles. The van der Waals surface area contributed by atoms with Crippen LogP contribution < -0.4 is 16.0 Å². The molecular weight excluding hydrogens is 206 g/mol. The van der Waals surface area contributed by atoms with Crippen LogP contribution in [0.1, 0.15) is 19.8 Å². The Labute approximate surface area is 95.3 Å². The molecule has 0 radical (unpaired) electrons. The van der Waals surface area contributed by atoms with Crippen molar-refractivity contribution in [1.29, 1.82) is 0 Å². The first kappa shape index (κ1) is 11.4. The number of piperidine rings is 1. The van der Waals surface area contributed by atoms with Gasteiger partial charge in [0.2, 0.25) is 11.8 Å². The molecule has 2 saturated heterocycles. The third-order valence-electron chi connectivity index (χ3n) is 3.50. The van der Waals surface area contributed by atoms with Gasteiger partial charge in [0.1, 0.15) is 0 Å². The molecule has 0 aromatic rings. The Bertz CT molecular complexity index is 293. The molecule has 0 aromatic heterocycles. The summed E-state index contributed by atoms with van der Waals surface area (Å²) in [7, 11) is 0. The average molecular weight is 225 g/mol. The van der Waals surface area contributed by atoms with Crippen molar-refractivity contribution in [3.63, 3.8) is 0 Å². The summed E-state index contributed by atoms with van der Waals surface area (Å²) in [5.74, 6) is 0.325. The van der Waals surface area contributed by atoms with Crippen LogP contribution in [0.3, 0.4) is 0 Å². The smallest absolute Gasteiger partial charge is 0.225 e. The molecule has 3 N–H and O–H groups in total. The van der Waals surface area contributed by atoms with Crippen LogP contribution >= 0.6 is 0 Å². The fraction of sp³-hybridized carbons (Fsp3) is 0.818. The average Bonchev–Trinajstić information content (AvgIpc) is 2.68. The third kappa shape index (κ3) is 2.52. The van der Waals surface area contributed by atoms with E-state index < -0.39 is 0 Å². The lowest BCUT2D eigenvalue weighted by Crippen LogP contribution is -2.51. The SMILES string of the molecule is CC1CCNCC1NC(=O)C1CNC(=O)C1. The van der Waals surface area contributed by atoms with Crippen LogP contribution in [0.15, 0.2) is 0 Å². The number of hydrogen-bond acceptors (Lipinski definition) is 3. The molecule has 5 nitrogen and oxygen atoms in total. The highest BCUT2D eigenvalue weighted by Gasteiger charge is 2.30. The van der Waals surface area contributed by atoms with E-state index in [0.29, 0.717) is 18.9 Å². The molecule has 90 valence electrons. The van der Waals surface area contributed by atoms with E-state index in [1.54, 1.807) is 0 Å². The quantitative estimate of drug-likeness (QED) is 0.578. The van der Waals surface area contributed by atoms with Crippen molar-refractivity contribution in [2.75, 3.05) is 19.6 Å². The number of rotatable bonds is 2. The molecule has 3 unspecified atom stereocenters. The molecule has 5 heteroatoms. The van der Waals surface area contributed by atoms with Gasteiger partial charge in [0.25, 0.3) is 0 Å². The molecule has 0 saturated carbocycles. The summed E-state index contributed by atoms with van der Waals surface area (Å²) >= 11 is 0. The van der Waals surface area contributed by atoms with Crippen molar-refractivity contribution in [2.45, 2.75) is 25.8 Å². The van der Waals surface area contributed by atoms with Crippen LogP contribution in [0.4, 0.5) is 0 Å². The summed E-state index contributed by atoms with van der Waals surface area (Å²) in [5.41, 5.74) is 0. The summed E-state index contributed by atoms with van der Waals surface area (Å²) in [4.78, 5) is 22.9. The highest BCUT2D eigenvalue weighted by molar-refractivity contribution is 5.89. The minimum atomic E-state index is -0.179. The molecule has 16 heavy (non-hydrogen) atoms. The van der Waals surface area contributed by atoms with Gasteiger partial charge >= 0.3 is 0 Å². The molecule has 2 aliphatic rings. The molecule has 0 aromatic carbocycles. The highest BCUT2D eigenvalue weighted by Crippen LogP contribution is 2.14. The summed E-state index contributed by atoms with van der Waals surface area (Å²) in [6, 6.07) is 0.206. The van der Waals surface area contributed by atoms with E-state index in [1.807, 2.05) is 0 Å². The Balaban J connectivity index is 1.84. The highest BCUT2D eigenvalue weighted by atomic mass is 16.2. The van der Waals surface area contributed by atoms with Gasteiger partial charge in [0, 0.05) is 25.6 Å². The summed E-state index contributed by atoms with van der Waals surface area (Å²) in [6.45, 7) is 4.50. The minimum Gasteiger partial charge on any atom is -0.355 e. The van der Waals surface area contributed by atoms with E-state index in [-0.39, 0.29) is 23.8 Å². The minimum absolute atomic E-state index is 0.0129. The van der Waals surface area contributed by atoms with Gasteiger partial charge in [-0.05, 0) is 18.9 Å². The van der Waals surface area contributed by atoms with E-state index in [4.69, 9.17) is 0 Å². The second kappa shape index (κ2) is 4.82. The van der Waals surface area contributed by atoms with Gasteiger partial charge in [-0.3, -0.25) is 9.59 Å². The van der Waals surface area contributed by atoms with Gasteiger partial charge in [0.05, 0.1) is 5.92 Å². The number of amides is 2. The Morgan fingerprint density at radius 1 is 1.44 bits per heavy atom. The van der Waals surface area contributed by atoms with Crippen molar-refractivity contribution < 1.29 is 9.59 Å². The van der Waals surface area contributed by atoms with Crippen LogP contribution in [-0.2, 0) is 9.59 Å². The number of carbonyl (C=O) groups excluding carboxylic acids is 2. The monoisotopic (exact) mass is 225 g/mol. The van der Waals surface area contributed by atoms with Crippen LogP contribution in [-0.4, -0.2) is 37.5 Å². The predicted molar refractivity (Wildman–Crippen MR) is 59.7 cm³/mol. The number of hydrogen-bond donors (Lipinski definition) is 3. The third-order valence-corrected chi connectivity index (χ3v) is 3.50.